The van der Waals surface area contributed by atoms with Gasteiger partial charge in [0.25, 0.3) is 0 Å². The number of anilines is 1. The van der Waals surface area contributed by atoms with Crippen molar-refractivity contribution in [2.75, 3.05) is 5.32 Å². The summed E-state index contributed by atoms with van der Waals surface area (Å²) in [6, 6.07) is 2.74. The number of carbonyl (C=O) groups excluding carboxylic acids is 1. The molecule has 2 N–H and O–H groups in total. The molecule has 1 aliphatic rings. The van der Waals surface area contributed by atoms with Crippen LogP contribution < -0.4 is 10.9 Å². The van der Waals surface area contributed by atoms with Crippen molar-refractivity contribution in [2.45, 2.75) is 31.6 Å². The van der Waals surface area contributed by atoms with E-state index in [1.165, 1.54) is 18.3 Å². The lowest BCUT2D eigenvalue weighted by atomic mass is 9.86. The number of hydrogen-bond acceptors (Lipinski definition) is 2. The highest BCUT2D eigenvalue weighted by atomic mass is 19.3. The summed E-state index contributed by atoms with van der Waals surface area (Å²) in [7, 11) is 0. The van der Waals surface area contributed by atoms with Gasteiger partial charge in [0.05, 0.1) is 0 Å². The molecule has 1 amide bonds. The zero-order chi connectivity index (χ0) is 13.2. The molecular weight excluding hydrogens is 242 g/mol. The minimum absolute atomic E-state index is 0.151. The molecule has 1 aromatic rings. The first kappa shape index (κ1) is 12.7. The smallest absolute Gasteiger partial charge is 0.249 e. The first-order valence-corrected chi connectivity index (χ1v) is 5.84. The van der Waals surface area contributed by atoms with E-state index in [1.54, 1.807) is 0 Å². The summed E-state index contributed by atoms with van der Waals surface area (Å²) < 4.78 is 26.4. The van der Waals surface area contributed by atoms with Crippen molar-refractivity contribution < 1.29 is 13.6 Å². The molecule has 0 saturated heterocycles. The molecular formula is C12H14F2N2O2. The molecule has 0 aromatic carbocycles. The van der Waals surface area contributed by atoms with Gasteiger partial charge < -0.3 is 10.3 Å². The van der Waals surface area contributed by atoms with E-state index in [9.17, 15) is 18.4 Å². The van der Waals surface area contributed by atoms with Crippen molar-refractivity contribution in [3.63, 3.8) is 0 Å². The fourth-order valence-electron chi connectivity index (χ4n) is 2.16. The molecule has 0 aliphatic heterocycles. The Morgan fingerprint density at radius 1 is 1.50 bits per heavy atom. The van der Waals surface area contributed by atoms with Crippen LogP contribution in [-0.2, 0) is 4.79 Å². The Kier molecular flexibility index (Phi) is 3.45. The number of H-pyrrole nitrogens is 1. The number of rotatable bonds is 2. The molecule has 0 spiro atoms. The molecule has 1 atom stereocenters. The number of hydrogen-bond donors (Lipinski definition) is 2. The summed E-state index contributed by atoms with van der Waals surface area (Å²) in [5.41, 5.74) is -0.0144. The van der Waals surface area contributed by atoms with E-state index < -0.39 is 24.2 Å². The lowest BCUT2D eigenvalue weighted by Crippen LogP contribution is -2.33. The summed E-state index contributed by atoms with van der Waals surface area (Å²) >= 11 is 0. The molecule has 0 bridgehead atoms. The molecule has 1 heterocycles. The van der Waals surface area contributed by atoms with Gasteiger partial charge in [-0.2, -0.15) is 0 Å². The van der Waals surface area contributed by atoms with Crippen LogP contribution in [0, 0.1) is 5.92 Å². The Labute approximate surface area is 102 Å². The molecule has 1 aromatic heterocycles. The van der Waals surface area contributed by atoms with Gasteiger partial charge in [0.2, 0.25) is 17.4 Å². The van der Waals surface area contributed by atoms with Crippen molar-refractivity contribution in [3.8, 4) is 0 Å². The lowest BCUT2D eigenvalue weighted by molar-refractivity contribution is -0.127. The van der Waals surface area contributed by atoms with Crippen LogP contribution in [0.2, 0.25) is 0 Å². The predicted octanol–water partition coefficient (Wildman–Crippen LogP) is 2.14. The first-order chi connectivity index (χ1) is 8.46. The van der Waals surface area contributed by atoms with Crippen LogP contribution in [0.1, 0.15) is 25.7 Å². The van der Waals surface area contributed by atoms with Crippen molar-refractivity contribution in [2.24, 2.45) is 5.92 Å². The van der Waals surface area contributed by atoms with Crippen LogP contribution in [0.4, 0.5) is 14.5 Å². The van der Waals surface area contributed by atoms with E-state index in [0.717, 1.165) is 0 Å². The van der Waals surface area contributed by atoms with Gasteiger partial charge in [-0.25, -0.2) is 8.78 Å². The minimum Gasteiger partial charge on any atom is -0.329 e. The summed E-state index contributed by atoms with van der Waals surface area (Å²) in [5.74, 6) is -3.89. The lowest BCUT2D eigenvalue weighted by Gasteiger charge is -2.27. The average Bonchev–Trinajstić information content (AvgIpc) is 2.27. The number of nitrogens with one attached hydrogen (secondary N) is 2. The first-order valence-electron chi connectivity index (χ1n) is 5.84. The van der Waals surface area contributed by atoms with Gasteiger partial charge in [-0.05, 0) is 18.9 Å². The zero-order valence-corrected chi connectivity index (χ0v) is 9.71. The van der Waals surface area contributed by atoms with E-state index in [1.807, 2.05) is 0 Å². The Morgan fingerprint density at radius 3 is 2.94 bits per heavy atom. The molecule has 18 heavy (non-hydrogen) atoms. The second-order valence-electron chi connectivity index (χ2n) is 4.58. The third-order valence-corrected chi connectivity index (χ3v) is 3.05. The fourth-order valence-corrected chi connectivity index (χ4v) is 2.16. The summed E-state index contributed by atoms with van der Waals surface area (Å²) in [4.78, 5) is 25.2. The summed E-state index contributed by atoms with van der Waals surface area (Å²) in [5, 5.41) is 2.50. The van der Waals surface area contributed by atoms with Crippen LogP contribution in [0.5, 0.6) is 0 Å². The Balaban J connectivity index is 2.02. The van der Waals surface area contributed by atoms with Gasteiger partial charge in [0.1, 0.15) is 0 Å². The molecule has 98 valence electrons. The van der Waals surface area contributed by atoms with E-state index in [0.29, 0.717) is 18.5 Å². The van der Waals surface area contributed by atoms with Crippen molar-refractivity contribution in [1.29, 1.82) is 0 Å². The van der Waals surface area contributed by atoms with Gasteiger partial charge in [-0.3, -0.25) is 9.59 Å². The molecule has 1 aliphatic carbocycles. The Morgan fingerprint density at radius 2 is 2.28 bits per heavy atom. The topological polar surface area (TPSA) is 62.0 Å². The monoisotopic (exact) mass is 256 g/mol. The minimum atomic E-state index is -2.76. The largest absolute Gasteiger partial charge is 0.329 e. The molecule has 1 unspecified atom stereocenters. The van der Waals surface area contributed by atoms with Crippen LogP contribution in [0.15, 0.2) is 23.1 Å². The quantitative estimate of drug-likeness (QED) is 0.851. The third-order valence-electron chi connectivity index (χ3n) is 3.05. The molecule has 6 heteroatoms. The molecule has 4 nitrogen and oxygen atoms in total. The maximum Gasteiger partial charge on any atom is 0.249 e. The average molecular weight is 256 g/mol. The SMILES string of the molecule is O=C(Nc1cc[nH]c(=O)c1)C1CCCC(F)(F)C1. The highest BCUT2D eigenvalue weighted by Crippen LogP contribution is 2.36. The van der Waals surface area contributed by atoms with E-state index in [2.05, 4.69) is 10.3 Å². The second kappa shape index (κ2) is 4.88. The maximum absolute atomic E-state index is 13.2. The van der Waals surface area contributed by atoms with Crippen LogP contribution in [0.25, 0.3) is 0 Å². The third kappa shape index (κ3) is 3.15. The number of pyridine rings is 1. The molecule has 2 rings (SSSR count). The number of halogens is 2. The van der Waals surface area contributed by atoms with E-state index >= 15 is 0 Å². The normalized spacial score (nSPS) is 22.4. The van der Waals surface area contributed by atoms with Crippen LogP contribution in [-0.4, -0.2) is 16.8 Å². The number of amides is 1. The number of alkyl halides is 2. The number of aromatic amines is 1. The van der Waals surface area contributed by atoms with Crippen molar-refractivity contribution in [1.82, 2.24) is 4.98 Å². The highest BCUT2D eigenvalue weighted by molar-refractivity contribution is 5.92. The van der Waals surface area contributed by atoms with Crippen LogP contribution >= 0.6 is 0 Å². The van der Waals surface area contributed by atoms with Crippen LogP contribution in [0.3, 0.4) is 0 Å². The molecule has 1 fully saturated rings. The number of aromatic nitrogens is 1. The standard InChI is InChI=1S/C12H14F2N2O2/c13-12(14)4-1-2-8(7-12)11(18)16-9-3-5-15-10(17)6-9/h3,5-6,8H,1-2,4,7H2,(H2,15,16,17,18). The predicted molar refractivity (Wildman–Crippen MR) is 62.6 cm³/mol. The van der Waals surface area contributed by atoms with Crippen molar-refractivity contribution in [3.05, 3.63) is 28.7 Å². The van der Waals surface area contributed by atoms with Gasteiger partial charge in [-0.15, -0.1) is 0 Å². The fraction of sp³-hybridized carbons (Fsp3) is 0.500. The van der Waals surface area contributed by atoms with Gasteiger partial charge >= 0.3 is 0 Å². The van der Waals surface area contributed by atoms with E-state index in [4.69, 9.17) is 0 Å². The van der Waals surface area contributed by atoms with Crippen molar-refractivity contribution >= 4 is 11.6 Å². The van der Waals surface area contributed by atoms with Gasteiger partial charge in [0, 0.05) is 36.7 Å². The maximum atomic E-state index is 13.2. The van der Waals surface area contributed by atoms with Gasteiger partial charge in [0.15, 0.2) is 0 Å². The van der Waals surface area contributed by atoms with Gasteiger partial charge in [-0.1, -0.05) is 0 Å². The molecule has 0 radical (unpaired) electrons. The second-order valence-corrected chi connectivity index (χ2v) is 4.58. The number of carbonyl (C=O) groups is 1. The highest BCUT2D eigenvalue weighted by Gasteiger charge is 2.39. The Hall–Kier alpha value is -1.72. The van der Waals surface area contributed by atoms with E-state index in [-0.39, 0.29) is 12.0 Å². The summed E-state index contributed by atoms with van der Waals surface area (Å²) in [6.07, 6.45) is 1.64. The zero-order valence-electron chi connectivity index (χ0n) is 9.71. The summed E-state index contributed by atoms with van der Waals surface area (Å²) in [6.45, 7) is 0. The molecule has 1 saturated carbocycles. The Bertz CT molecular complexity index is 499.